The number of aryl methyl sites for hydroxylation is 1. The van der Waals surface area contributed by atoms with Crippen molar-refractivity contribution < 1.29 is 5.11 Å². The molecule has 96 valence electrons. The largest absolute Gasteiger partial charge is 0.395 e. The topological polar surface area (TPSA) is 67.1 Å². The zero-order valence-corrected chi connectivity index (χ0v) is 10.4. The summed E-state index contributed by atoms with van der Waals surface area (Å²) in [6, 6.07) is 10.1. The van der Waals surface area contributed by atoms with E-state index in [-0.39, 0.29) is 6.61 Å². The van der Waals surface area contributed by atoms with E-state index in [1.54, 1.807) is 7.05 Å². The molecule has 6 heteroatoms. The molecule has 0 aliphatic heterocycles. The van der Waals surface area contributed by atoms with Crippen LogP contribution in [0.1, 0.15) is 11.4 Å². The Hall–Kier alpha value is -1.79. The molecular weight excluding hydrogens is 230 g/mol. The minimum Gasteiger partial charge on any atom is -0.395 e. The van der Waals surface area contributed by atoms with Gasteiger partial charge in [0.15, 0.2) is 5.82 Å². The second kappa shape index (κ2) is 6.23. The molecule has 1 aromatic carbocycles. The van der Waals surface area contributed by atoms with Crippen LogP contribution in [0.4, 0.5) is 0 Å². The number of benzene rings is 1. The first-order valence-electron chi connectivity index (χ1n) is 5.88. The highest BCUT2D eigenvalue weighted by molar-refractivity contribution is 5.14. The lowest BCUT2D eigenvalue weighted by molar-refractivity contribution is 0.181. The van der Waals surface area contributed by atoms with Crippen LogP contribution in [0.5, 0.6) is 0 Å². The zero-order valence-electron chi connectivity index (χ0n) is 10.4. The second-order valence-corrected chi connectivity index (χ2v) is 4.11. The molecule has 0 amide bonds. The first-order chi connectivity index (χ1) is 8.78. The Morgan fingerprint density at radius 2 is 2.00 bits per heavy atom. The lowest BCUT2D eigenvalue weighted by atomic mass is 10.2. The number of aliphatic hydroxyl groups excluding tert-OH is 1. The number of aliphatic hydroxyl groups is 1. The van der Waals surface area contributed by atoms with Crippen LogP contribution >= 0.6 is 0 Å². The van der Waals surface area contributed by atoms with Crippen molar-refractivity contribution in [2.45, 2.75) is 13.1 Å². The molecule has 1 N–H and O–H groups in total. The number of rotatable bonds is 6. The van der Waals surface area contributed by atoms with Crippen LogP contribution in [0, 0.1) is 0 Å². The van der Waals surface area contributed by atoms with Gasteiger partial charge in [0.2, 0.25) is 0 Å². The number of tetrazole rings is 1. The van der Waals surface area contributed by atoms with Crippen molar-refractivity contribution in [2.75, 3.05) is 13.2 Å². The fraction of sp³-hybridized carbons (Fsp3) is 0.417. The van der Waals surface area contributed by atoms with Crippen LogP contribution in [0.2, 0.25) is 0 Å². The molecule has 0 saturated carbocycles. The van der Waals surface area contributed by atoms with Crippen molar-refractivity contribution in [2.24, 2.45) is 7.05 Å². The molecule has 0 radical (unpaired) electrons. The first-order valence-corrected chi connectivity index (χ1v) is 5.88. The molecule has 2 aromatic rings. The van der Waals surface area contributed by atoms with Crippen molar-refractivity contribution in [1.82, 2.24) is 25.1 Å². The average Bonchev–Trinajstić information content (AvgIpc) is 2.76. The smallest absolute Gasteiger partial charge is 0.188 e. The lowest BCUT2D eigenvalue weighted by Gasteiger charge is -2.19. The quantitative estimate of drug-likeness (QED) is 0.790. The molecular formula is C12H17N5O. The minimum atomic E-state index is 0.118. The predicted octanol–water partition coefficient (Wildman–Crippen LogP) is 0.205. The van der Waals surface area contributed by atoms with E-state index in [4.69, 9.17) is 5.11 Å². The molecule has 6 nitrogen and oxygen atoms in total. The highest BCUT2D eigenvalue weighted by atomic mass is 16.3. The third-order valence-electron chi connectivity index (χ3n) is 2.58. The molecule has 0 saturated heterocycles. The Bertz CT molecular complexity index is 470. The fourth-order valence-corrected chi connectivity index (χ4v) is 1.78. The van der Waals surface area contributed by atoms with E-state index in [1.807, 2.05) is 18.2 Å². The van der Waals surface area contributed by atoms with Gasteiger partial charge in [-0.25, -0.2) is 0 Å². The summed E-state index contributed by atoms with van der Waals surface area (Å²) < 4.78 is 0. The van der Waals surface area contributed by atoms with Gasteiger partial charge in [-0.15, -0.1) is 10.2 Å². The summed E-state index contributed by atoms with van der Waals surface area (Å²) in [5.74, 6) is 0.668. The van der Waals surface area contributed by atoms with E-state index < -0.39 is 0 Å². The van der Waals surface area contributed by atoms with Crippen LogP contribution in [-0.2, 0) is 20.1 Å². The van der Waals surface area contributed by atoms with E-state index in [9.17, 15) is 0 Å². The SMILES string of the molecule is Cn1nnc(CN(CCO)Cc2ccccc2)n1. The number of hydrogen-bond acceptors (Lipinski definition) is 5. The molecule has 0 fully saturated rings. The molecule has 0 unspecified atom stereocenters. The van der Waals surface area contributed by atoms with Crippen molar-refractivity contribution in [1.29, 1.82) is 0 Å². The monoisotopic (exact) mass is 247 g/mol. The van der Waals surface area contributed by atoms with Crippen LogP contribution in [0.3, 0.4) is 0 Å². The first kappa shape index (κ1) is 12.7. The van der Waals surface area contributed by atoms with Gasteiger partial charge in [0.05, 0.1) is 20.2 Å². The Labute approximate surface area is 106 Å². The summed E-state index contributed by atoms with van der Waals surface area (Å²) in [5, 5.41) is 21.0. The van der Waals surface area contributed by atoms with Crippen molar-refractivity contribution in [3.63, 3.8) is 0 Å². The molecule has 0 aliphatic rings. The van der Waals surface area contributed by atoms with E-state index in [1.165, 1.54) is 10.4 Å². The van der Waals surface area contributed by atoms with Gasteiger partial charge in [0.1, 0.15) is 0 Å². The van der Waals surface area contributed by atoms with Gasteiger partial charge in [-0.2, -0.15) is 4.80 Å². The summed E-state index contributed by atoms with van der Waals surface area (Å²) >= 11 is 0. The van der Waals surface area contributed by atoms with Gasteiger partial charge in [-0.1, -0.05) is 30.3 Å². The molecule has 0 bridgehead atoms. The summed E-state index contributed by atoms with van der Waals surface area (Å²) in [7, 11) is 1.74. The van der Waals surface area contributed by atoms with E-state index in [0.29, 0.717) is 18.9 Å². The highest BCUT2D eigenvalue weighted by Crippen LogP contribution is 2.06. The molecule has 1 heterocycles. The van der Waals surface area contributed by atoms with Crippen LogP contribution in [0.25, 0.3) is 0 Å². The maximum Gasteiger partial charge on any atom is 0.188 e. The van der Waals surface area contributed by atoms with Crippen LogP contribution < -0.4 is 0 Å². The Morgan fingerprint density at radius 3 is 2.61 bits per heavy atom. The molecule has 0 spiro atoms. The number of hydrogen-bond donors (Lipinski definition) is 1. The standard InChI is InChI=1S/C12H17N5O/c1-16-14-12(13-15-16)10-17(7-8-18)9-11-5-3-2-4-6-11/h2-6,18H,7-10H2,1H3. The van der Waals surface area contributed by atoms with Gasteiger partial charge >= 0.3 is 0 Å². The van der Waals surface area contributed by atoms with E-state index in [0.717, 1.165) is 6.54 Å². The molecule has 1 aromatic heterocycles. The summed E-state index contributed by atoms with van der Waals surface area (Å²) in [6.45, 7) is 2.06. The van der Waals surface area contributed by atoms with Gasteiger partial charge in [-0.3, -0.25) is 4.90 Å². The minimum absolute atomic E-state index is 0.118. The Balaban J connectivity index is 1.99. The van der Waals surface area contributed by atoms with E-state index >= 15 is 0 Å². The van der Waals surface area contributed by atoms with E-state index in [2.05, 4.69) is 32.4 Å². The lowest BCUT2D eigenvalue weighted by Crippen LogP contribution is -2.26. The molecule has 0 aliphatic carbocycles. The summed E-state index contributed by atoms with van der Waals surface area (Å²) in [4.78, 5) is 3.53. The zero-order chi connectivity index (χ0) is 12.8. The van der Waals surface area contributed by atoms with Crippen LogP contribution in [-0.4, -0.2) is 43.4 Å². The van der Waals surface area contributed by atoms with Gasteiger partial charge in [0, 0.05) is 13.1 Å². The van der Waals surface area contributed by atoms with Crippen molar-refractivity contribution in [3.8, 4) is 0 Å². The third-order valence-corrected chi connectivity index (χ3v) is 2.58. The van der Waals surface area contributed by atoms with Gasteiger partial charge in [-0.05, 0) is 10.8 Å². The van der Waals surface area contributed by atoms with Crippen molar-refractivity contribution >= 4 is 0 Å². The number of aromatic nitrogens is 4. The molecule has 0 atom stereocenters. The Kier molecular flexibility index (Phi) is 4.38. The van der Waals surface area contributed by atoms with Crippen molar-refractivity contribution in [3.05, 3.63) is 41.7 Å². The maximum absolute atomic E-state index is 9.09. The molecule has 2 rings (SSSR count). The summed E-state index contributed by atoms with van der Waals surface area (Å²) in [5.41, 5.74) is 1.20. The van der Waals surface area contributed by atoms with Crippen LogP contribution in [0.15, 0.2) is 30.3 Å². The van der Waals surface area contributed by atoms with Gasteiger partial charge < -0.3 is 5.11 Å². The maximum atomic E-state index is 9.09. The fourth-order valence-electron chi connectivity index (χ4n) is 1.78. The predicted molar refractivity (Wildman–Crippen MR) is 66.4 cm³/mol. The van der Waals surface area contributed by atoms with Gasteiger partial charge in [0.25, 0.3) is 0 Å². The normalized spacial score (nSPS) is 11.1. The highest BCUT2D eigenvalue weighted by Gasteiger charge is 2.09. The molecule has 18 heavy (non-hydrogen) atoms. The Morgan fingerprint density at radius 1 is 1.22 bits per heavy atom. The third kappa shape index (κ3) is 3.61. The summed E-state index contributed by atoms with van der Waals surface area (Å²) in [6.07, 6.45) is 0. The average molecular weight is 247 g/mol. The number of nitrogens with zero attached hydrogens (tertiary/aromatic N) is 5. The second-order valence-electron chi connectivity index (χ2n) is 4.11.